The van der Waals surface area contributed by atoms with Crippen LogP contribution in [0, 0.1) is 0 Å². The number of fused-ring (bicyclic) bond motifs is 1. The molecule has 1 fully saturated rings. The van der Waals surface area contributed by atoms with Gasteiger partial charge in [-0.25, -0.2) is 0 Å². The second-order valence-electron chi connectivity index (χ2n) is 4.92. The highest BCUT2D eigenvalue weighted by molar-refractivity contribution is 5.55. The SMILES string of the molecule is CN1CCC[C@H]1c1cncc2c1CCCN2. The normalized spacial score (nSPS) is 25.2. The first kappa shape index (κ1) is 10.1. The maximum absolute atomic E-state index is 4.39. The van der Waals surface area contributed by atoms with Crippen molar-refractivity contribution in [1.82, 2.24) is 9.88 Å². The molecule has 0 radical (unpaired) electrons. The van der Waals surface area contributed by atoms with Crippen LogP contribution in [0.15, 0.2) is 12.4 Å². The molecule has 0 spiro atoms. The van der Waals surface area contributed by atoms with Gasteiger partial charge >= 0.3 is 0 Å². The lowest BCUT2D eigenvalue weighted by atomic mass is 9.94. The molecule has 3 heteroatoms. The molecule has 0 aliphatic carbocycles. The van der Waals surface area contributed by atoms with Crippen LogP contribution < -0.4 is 5.32 Å². The van der Waals surface area contributed by atoms with E-state index in [1.165, 1.54) is 49.0 Å². The summed E-state index contributed by atoms with van der Waals surface area (Å²) in [5.41, 5.74) is 4.24. The zero-order valence-electron chi connectivity index (χ0n) is 9.87. The molecule has 2 aliphatic rings. The molecule has 1 aromatic rings. The maximum atomic E-state index is 4.39. The lowest BCUT2D eigenvalue weighted by Gasteiger charge is -2.26. The molecule has 1 aromatic heterocycles. The lowest BCUT2D eigenvalue weighted by molar-refractivity contribution is 0.315. The van der Waals surface area contributed by atoms with Gasteiger partial charge in [-0.15, -0.1) is 0 Å². The number of rotatable bonds is 1. The standard InChI is InChI=1S/C13H19N3/c1-16-7-3-5-13(16)11-8-14-9-12-10(11)4-2-6-15-12/h8-9,13,15H,2-7H2,1H3/t13-/m0/s1. The van der Waals surface area contributed by atoms with Gasteiger partial charge in [-0.3, -0.25) is 9.88 Å². The smallest absolute Gasteiger partial charge is 0.0562 e. The molecule has 0 amide bonds. The van der Waals surface area contributed by atoms with Crippen molar-refractivity contribution in [3.63, 3.8) is 0 Å². The van der Waals surface area contributed by atoms with Gasteiger partial charge in [0.15, 0.2) is 0 Å². The van der Waals surface area contributed by atoms with E-state index in [-0.39, 0.29) is 0 Å². The fraction of sp³-hybridized carbons (Fsp3) is 0.615. The molecule has 3 nitrogen and oxygen atoms in total. The van der Waals surface area contributed by atoms with Crippen molar-refractivity contribution < 1.29 is 0 Å². The summed E-state index contributed by atoms with van der Waals surface area (Å²) in [5.74, 6) is 0. The van der Waals surface area contributed by atoms with Gasteiger partial charge in [0, 0.05) is 18.8 Å². The van der Waals surface area contributed by atoms with Crippen molar-refractivity contribution in [3.05, 3.63) is 23.5 Å². The summed E-state index contributed by atoms with van der Waals surface area (Å²) >= 11 is 0. The van der Waals surface area contributed by atoms with Gasteiger partial charge in [-0.1, -0.05) is 0 Å². The Morgan fingerprint density at radius 3 is 3.12 bits per heavy atom. The minimum atomic E-state index is 0.599. The summed E-state index contributed by atoms with van der Waals surface area (Å²) in [6.45, 7) is 2.32. The Morgan fingerprint density at radius 1 is 1.38 bits per heavy atom. The summed E-state index contributed by atoms with van der Waals surface area (Å²) in [4.78, 5) is 6.85. The van der Waals surface area contributed by atoms with Gasteiger partial charge in [0.2, 0.25) is 0 Å². The first-order valence-corrected chi connectivity index (χ1v) is 6.27. The van der Waals surface area contributed by atoms with Crippen molar-refractivity contribution in [2.45, 2.75) is 31.7 Å². The number of nitrogens with one attached hydrogen (secondary N) is 1. The van der Waals surface area contributed by atoms with Crippen molar-refractivity contribution in [3.8, 4) is 0 Å². The molecule has 0 saturated carbocycles. The second kappa shape index (κ2) is 4.06. The fourth-order valence-corrected chi connectivity index (χ4v) is 3.01. The highest BCUT2D eigenvalue weighted by Crippen LogP contribution is 2.35. The number of hydrogen-bond donors (Lipinski definition) is 1. The highest BCUT2D eigenvalue weighted by atomic mass is 15.1. The maximum Gasteiger partial charge on any atom is 0.0562 e. The number of hydrogen-bond acceptors (Lipinski definition) is 3. The molecule has 1 atom stereocenters. The van der Waals surface area contributed by atoms with Gasteiger partial charge in [0.05, 0.1) is 11.9 Å². The summed E-state index contributed by atoms with van der Waals surface area (Å²) < 4.78 is 0. The molecule has 0 aromatic carbocycles. The van der Waals surface area contributed by atoms with E-state index in [2.05, 4.69) is 28.4 Å². The third-order valence-electron chi connectivity index (χ3n) is 3.89. The minimum absolute atomic E-state index is 0.599. The zero-order valence-corrected chi connectivity index (χ0v) is 9.87. The second-order valence-corrected chi connectivity index (χ2v) is 4.92. The van der Waals surface area contributed by atoms with Gasteiger partial charge in [-0.2, -0.15) is 0 Å². The van der Waals surface area contributed by atoms with Crippen molar-refractivity contribution >= 4 is 5.69 Å². The quantitative estimate of drug-likeness (QED) is 0.781. The van der Waals surface area contributed by atoms with Crippen LogP contribution in [0.3, 0.4) is 0 Å². The molecule has 0 unspecified atom stereocenters. The van der Waals surface area contributed by atoms with Gasteiger partial charge < -0.3 is 5.32 Å². The predicted octanol–water partition coefficient (Wildman–Crippen LogP) is 2.21. The minimum Gasteiger partial charge on any atom is -0.384 e. The first-order valence-electron chi connectivity index (χ1n) is 6.27. The number of nitrogens with zero attached hydrogens (tertiary/aromatic N) is 2. The monoisotopic (exact) mass is 217 g/mol. The van der Waals surface area contributed by atoms with Crippen LogP contribution in [0.1, 0.15) is 36.4 Å². The highest BCUT2D eigenvalue weighted by Gasteiger charge is 2.26. The predicted molar refractivity (Wildman–Crippen MR) is 65.7 cm³/mol. The summed E-state index contributed by atoms with van der Waals surface area (Å²) in [6.07, 6.45) is 9.13. The molecule has 3 rings (SSSR count). The van der Waals surface area contributed by atoms with Gasteiger partial charge in [0.25, 0.3) is 0 Å². The van der Waals surface area contributed by atoms with Crippen LogP contribution in [0.4, 0.5) is 5.69 Å². The zero-order chi connectivity index (χ0) is 11.0. The Hall–Kier alpha value is -1.09. The molecule has 86 valence electrons. The van der Waals surface area contributed by atoms with E-state index in [1.807, 2.05) is 6.20 Å². The van der Waals surface area contributed by atoms with E-state index >= 15 is 0 Å². The van der Waals surface area contributed by atoms with E-state index in [9.17, 15) is 0 Å². The molecule has 16 heavy (non-hydrogen) atoms. The number of likely N-dealkylation sites (tertiary alicyclic amines) is 1. The fourth-order valence-electron chi connectivity index (χ4n) is 3.01. The van der Waals surface area contributed by atoms with Gasteiger partial charge in [-0.05, 0) is 50.4 Å². The summed E-state index contributed by atoms with van der Waals surface area (Å²) in [5, 5.41) is 3.46. The Balaban J connectivity index is 2.00. The van der Waals surface area contributed by atoms with Crippen LogP contribution in [-0.2, 0) is 6.42 Å². The molecule has 2 aliphatic heterocycles. The average Bonchev–Trinajstić information content (AvgIpc) is 2.75. The van der Waals surface area contributed by atoms with Gasteiger partial charge in [0.1, 0.15) is 0 Å². The van der Waals surface area contributed by atoms with Crippen LogP contribution in [-0.4, -0.2) is 30.0 Å². The number of pyridine rings is 1. The lowest BCUT2D eigenvalue weighted by Crippen LogP contribution is -2.21. The van der Waals surface area contributed by atoms with E-state index in [4.69, 9.17) is 0 Å². The number of aromatic nitrogens is 1. The Kier molecular flexibility index (Phi) is 2.56. The summed E-state index contributed by atoms with van der Waals surface area (Å²) in [7, 11) is 2.23. The Labute approximate surface area is 96.9 Å². The molecular weight excluding hydrogens is 198 g/mol. The average molecular weight is 217 g/mol. The molecular formula is C13H19N3. The van der Waals surface area contributed by atoms with Crippen molar-refractivity contribution in [2.75, 3.05) is 25.5 Å². The van der Waals surface area contributed by atoms with Crippen molar-refractivity contribution in [1.29, 1.82) is 0 Å². The molecule has 1 N–H and O–H groups in total. The van der Waals surface area contributed by atoms with Crippen LogP contribution in [0.5, 0.6) is 0 Å². The largest absolute Gasteiger partial charge is 0.384 e. The number of anilines is 1. The van der Waals surface area contributed by atoms with Crippen LogP contribution in [0.2, 0.25) is 0 Å². The van der Waals surface area contributed by atoms with E-state index < -0.39 is 0 Å². The topological polar surface area (TPSA) is 28.2 Å². The Morgan fingerprint density at radius 2 is 2.31 bits per heavy atom. The van der Waals surface area contributed by atoms with Crippen molar-refractivity contribution in [2.24, 2.45) is 0 Å². The Bertz CT molecular complexity index is 389. The van der Waals surface area contributed by atoms with E-state index in [0.29, 0.717) is 6.04 Å². The van der Waals surface area contributed by atoms with E-state index in [0.717, 1.165) is 6.54 Å². The first-order chi connectivity index (χ1) is 7.86. The van der Waals surface area contributed by atoms with Crippen LogP contribution >= 0.6 is 0 Å². The third-order valence-corrected chi connectivity index (χ3v) is 3.89. The molecule has 1 saturated heterocycles. The summed E-state index contributed by atoms with van der Waals surface area (Å²) in [6, 6.07) is 0.599. The molecule has 3 heterocycles. The third kappa shape index (κ3) is 1.59. The van der Waals surface area contributed by atoms with Crippen LogP contribution in [0.25, 0.3) is 0 Å². The van der Waals surface area contributed by atoms with E-state index in [1.54, 1.807) is 0 Å². The molecule has 0 bridgehead atoms.